The molecular weight excluding hydrogens is 326 g/mol. The Labute approximate surface area is 142 Å². The molecule has 1 aromatic carbocycles. The van der Waals surface area contributed by atoms with Crippen LogP contribution >= 0.6 is 0 Å². The van der Waals surface area contributed by atoms with Gasteiger partial charge in [-0.15, -0.1) is 0 Å². The second-order valence-electron chi connectivity index (χ2n) is 6.25. The lowest BCUT2D eigenvalue weighted by atomic mass is 9.82. The van der Waals surface area contributed by atoms with Gasteiger partial charge in [0.05, 0.1) is 17.2 Å². The molecule has 1 aromatic heterocycles. The highest BCUT2D eigenvalue weighted by Gasteiger charge is 2.35. The molecule has 6 heteroatoms. The predicted molar refractivity (Wildman–Crippen MR) is 89.9 cm³/mol. The van der Waals surface area contributed by atoms with Crippen LogP contribution in [0.4, 0.5) is 0 Å². The number of sulfonamides is 1. The molecule has 1 N–H and O–H groups in total. The molecule has 0 aliphatic heterocycles. The molecule has 1 aliphatic carbocycles. The van der Waals surface area contributed by atoms with Crippen LogP contribution < -0.4 is 4.72 Å². The van der Waals surface area contributed by atoms with Gasteiger partial charge in [0.15, 0.2) is 0 Å². The van der Waals surface area contributed by atoms with Crippen molar-refractivity contribution in [1.82, 2.24) is 4.72 Å². The van der Waals surface area contributed by atoms with Crippen LogP contribution in [0.1, 0.15) is 43.0 Å². The van der Waals surface area contributed by atoms with Crippen molar-refractivity contribution in [3.05, 3.63) is 54.0 Å². The van der Waals surface area contributed by atoms with Crippen molar-refractivity contribution in [2.24, 2.45) is 5.92 Å². The summed E-state index contributed by atoms with van der Waals surface area (Å²) in [6, 6.07) is 9.39. The first-order valence-corrected chi connectivity index (χ1v) is 9.61. The zero-order valence-corrected chi connectivity index (χ0v) is 14.4. The van der Waals surface area contributed by atoms with E-state index in [1.807, 2.05) is 6.92 Å². The lowest BCUT2D eigenvalue weighted by molar-refractivity contribution is -0.125. The maximum Gasteiger partial charge on any atom is 0.241 e. The number of ketones is 1. The number of hydrogen-bond donors (Lipinski definition) is 1. The third-order valence-corrected chi connectivity index (χ3v) is 5.92. The van der Waals surface area contributed by atoms with Crippen LogP contribution in [0.3, 0.4) is 0 Å². The Kier molecular flexibility index (Phi) is 4.87. The highest BCUT2D eigenvalue weighted by atomic mass is 32.2. The fourth-order valence-electron chi connectivity index (χ4n) is 3.12. The number of benzene rings is 1. The maximum absolute atomic E-state index is 12.7. The lowest BCUT2D eigenvalue weighted by Crippen LogP contribution is -2.37. The summed E-state index contributed by atoms with van der Waals surface area (Å²) in [5.41, 5.74) is 0.985. The summed E-state index contributed by atoms with van der Waals surface area (Å²) in [4.78, 5) is 12.5. The van der Waals surface area contributed by atoms with E-state index in [0.717, 1.165) is 18.4 Å². The fourth-order valence-corrected chi connectivity index (χ4v) is 4.37. The quantitative estimate of drug-likeness (QED) is 0.900. The van der Waals surface area contributed by atoms with E-state index in [1.165, 1.54) is 6.26 Å². The van der Waals surface area contributed by atoms with E-state index in [0.29, 0.717) is 18.6 Å². The largest absolute Gasteiger partial charge is 0.468 e. The van der Waals surface area contributed by atoms with E-state index in [-0.39, 0.29) is 16.6 Å². The van der Waals surface area contributed by atoms with Gasteiger partial charge >= 0.3 is 0 Å². The van der Waals surface area contributed by atoms with Crippen LogP contribution in [0.25, 0.3) is 0 Å². The molecule has 24 heavy (non-hydrogen) atoms. The molecule has 0 bridgehead atoms. The van der Waals surface area contributed by atoms with Gasteiger partial charge < -0.3 is 4.42 Å². The van der Waals surface area contributed by atoms with E-state index in [2.05, 4.69) is 4.72 Å². The van der Waals surface area contributed by atoms with Gasteiger partial charge in [0.25, 0.3) is 0 Å². The van der Waals surface area contributed by atoms with E-state index < -0.39 is 16.1 Å². The SMILES string of the molecule is Cc1ccc(S(=O)(=O)N[C@@H](c2ccco2)[C@@H]2CCCCC2=O)cc1. The molecule has 0 unspecified atom stereocenters. The second-order valence-corrected chi connectivity index (χ2v) is 7.96. The van der Waals surface area contributed by atoms with E-state index in [9.17, 15) is 13.2 Å². The van der Waals surface area contributed by atoms with Gasteiger partial charge in [-0.1, -0.05) is 24.1 Å². The molecule has 0 spiro atoms. The van der Waals surface area contributed by atoms with E-state index in [1.54, 1.807) is 36.4 Å². The Morgan fingerprint density at radius 3 is 2.54 bits per heavy atom. The van der Waals surface area contributed by atoms with Gasteiger partial charge in [0, 0.05) is 12.3 Å². The molecule has 1 saturated carbocycles. The van der Waals surface area contributed by atoms with Gasteiger partial charge in [-0.05, 0) is 44.0 Å². The van der Waals surface area contributed by atoms with Crippen LogP contribution in [0.2, 0.25) is 0 Å². The Balaban J connectivity index is 1.91. The highest BCUT2D eigenvalue weighted by molar-refractivity contribution is 7.89. The van der Waals surface area contributed by atoms with Gasteiger partial charge in [-0.2, -0.15) is 4.72 Å². The molecule has 0 saturated heterocycles. The zero-order valence-electron chi connectivity index (χ0n) is 13.6. The van der Waals surface area contributed by atoms with Crippen LogP contribution in [-0.2, 0) is 14.8 Å². The molecule has 1 fully saturated rings. The minimum Gasteiger partial charge on any atom is -0.468 e. The van der Waals surface area contributed by atoms with Crippen molar-refractivity contribution in [2.45, 2.75) is 43.5 Å². The van der Waals surface area contributed by atoms with Gasteiger partial charge in [0.2, 0.25) is 10.0 Å². The number of carbonyl (C=O) groups excluding carboxylic acids is 1. The monoisotopic (exact) mass is 347 g/mol. The summed E-state index contributed by atoms with van der Waals surface area (Å²) < 4.78 is 33.6. The Hall–Kier alpha value is -1.92. The molecule has 3 rings (SSSR count). The number of carbonyl (C=O) groups is 1. The first kappa shape index (κ1) is 16.9. The van der Waals surface area contributed by atoms with Gasteiger partial charge in [-0.25, -0.2) is 8.42 Å². The summed E-state index contributed by atoms with van der Waals surface area (Å²) in [6.45, 7) is 1.90. The van der Waals surface area contributed by atoms with Crippen molar-refractivity contribution >= 4 is 15.8 Å². The summed E-state index contributed by atoms with van der Waals surface area (Å²) >= 11 is 0. The normalized spacial score (nSPS) is 20.0. The molecule has 0 amide bonds. The lowest BCUT2D eigenvalue weighted by Gasteiger charge is -2.28. The smallest absolute Gasteiger partial charge is 0.241 e. The number of hydrogen-bond acceptors (Lipinski definition) is 4. The molecule has 5 nitrogen and oxygen atoms in total. The first-order valence-electron chi connectivity index (χ1n) is 8.12. The summed E-state index contributed by atoms with van der Waals surface area (Å²) in [7, 11) is -3.74. The molecule has 2 atom stereocenters. The summed E-state index contributed by atoms with van der Waals surface area (Å²) in [5.74, 6) is 0.185. The Morgan fingerprint density at radius 2 is 1.92 bits per heavy atom. The average molecular weight is 347 g/mol. The number of aryl methyl sites for hydroxylation is 1. The standard InChI is InChI=1S/C18H21NO4S/c1-13-8-10-14(11-9-13)24(21,22)19-18(17-7-4-12-23-17)15-5-2-3-6-16(15)20/h4,7-12,15,18-19H,2-3,5-6H2,1H3/t15-,18-/m1/s1. The first-order chi connectivity index (χ1) is 11.5. The van der Waals surface area contributed by atoms with Crippen LogP contribution in [0.5, 0.6) is 0 Å². The van der Waals surface area contributed by atoms with Crippen molar-refractivity contribution in [1.29, 1.82) is 0 Å². The maximum atomic E-state index is 12.7. The van der Waals surface area contributed by atoms with Crippen molar-refractivity contribution in [2.75, 3.05) is 0 Å². The number of furan rings is 1. The zero-order chi connectivity index (χ0) is 17.2. The minimum atomic E-state index is -3.74. The molecule has 128 valence electrons. The second kappa shape index (κ2) is 6.91. The van der Waals surface area contributed by atoms with Crippen molar-refractivity contribution in [3.63, 3.8) is 0 Å². The van der Waals surface area contributed by atoms with E-state index >= 15 is 0 Å². The third kappa shape index (κ3) is 3.60. The molecule has 1 heterocycles. The van der Waals surface area contributed by atoms with Crippen molar-refractivity contribution in [3.8, 4) is 0 Å². The Bertz CT molecular complexity index is 794. The topological polar surface area (TPSA) is 76.4 Å². The van der Waals surface area contributed by atoms with Crippen LogP contribution in [-0.4, -0.2) is 14.2 Å². The van der Waals surface area contributed by atoms with E-state index in [4.69, 9.17) is 4.42 Å². The highest BCUT2D eigenvalue weighted by Crippen LogP contribution is 2.33. The molecule has 2 aromatic rings. The van der Waals surface area contributed by atoms with Gasteiger partial charge in [0.1, 0.15) is 11.5 Å². The summed E-state index contributed by atoms with van der Waals surface area (Å²) in [6.07, 6.45) is 4.44. The molecule has 1 aliphatic rings. The number of Topliss-reactive ketones (excluding diaryl/α,β-unsaturated/α-hetero) is 1. The predicted octanol–water partition coefficient (Wildman–Crippen LogP) is 3.37. The number of rotatable bonds is 5. The molecule has 0 radical (unpaired) electrons. The fraction of sp³-hybridized carbons (Fsp3) is 0.389. The summed E-state index contributed by atoms with van der Waals surface area (Å²) in [5, 5.41) is 0. The Morgan fingerprint density at radius 1 is 1.17 bits per heavy atom. The van der Waals surface area contributed by atoms with Gasteiger partial charge in [-0.3, -0.25) is 4.79 Å². The number of nitrogens with one attached hydrogen (secondary N) is 1. The minimum absolute atomic E-state index is 0.0919. The van der Waals surface area contributed by atoms with Crippen molar-refractivity contribution < 1.29 is 17.6 Å². The van der Waals surface area contributed by atoms with Crippen LogP contribution in [0, 0.1) is 12.8 Å². The third-order valence-electron chi connectivity index (χ3n) is 4.47. The molecular formula is C18H21NO4S. The average Bonchev–Trinajstić information content (AvgIpc) is 3.08. The van der Waals surface area contributed by atoms with Crippen LogP contribution in [0.15, 0.2) is 52.0 Å².